The van der Waals surface area contributed by atoms with Gasteiger partial charge in [0.15, 0.2) is 0 Å². The molecule has 33 heavy (non-hydrogen) atoms. The van der Waals surface area contributed by atoms with Crippen molar-refractivity contribution in [2.45, 2.75) is 25.4 Å². The van der Waals surface area contributed by atoms with E-state index in [2.05, 4.69) is 32.0 Å². The Balaban J connectivity index is 1.63. The van der Waals surface area contributed by atoms with Gasteiger partial charge in [-0.05, 0) is 47.5 Å². The van der Waals surface area contributed by atoms with E-state index in [0.29, 0.717) is 29.1 Å². The van der Waals surface area contributed by atoms with E-state index in [1.54, 1.807) is 0 Å². The molecule has 0 aliphatic carbocycles. The molecule has 2 aliphatic rings. The Morgan fingerprint density at radius 3 is 2.33 bits per heavy atom. The zero-order valence-electron chi connectivity index (χ0n) is 18.4. The van der Waals surface area contributed by atoms with Gasteiger partial charge in [-0.25, -0.2) is 0 Å². The number of ether oxygens (including phenoxy) is 2. The van der Waals surface area contributed by atoms with Gasteiger partial charge in [-0.15, -0.1) is 0 Å². The van der Waals surface area contributed by atoms with Crippen LogP contribution in [-0.4, -0.2) is 12.2 Å². The average Bonchev–Trinajstić information content (AvgIpc) is 2.82. The van der Waals surface area contributed by atoms with Crippen molar-refractivity contribution >= 4 is 32.5 Å². The minimum Gasteiger partial charge on any atom is -0.493 e. The van der Waals surface area contributed by atoms with Crippen LogP contribution in [0.3, 0.4) is 0 Å². The highest BCUT2D eigenvalue weighted by Gasteiger charge is 2.51. The molecule has 0 bridgehead atoms. The van der Waals surface area contributed by atoms with Crippen LogP contribution in [-0.2, 0) is 0 Å². The van der Waals surface area contributed by atoms with Gasteiger partial charge in [0.25, 0.3) is 5.95 Å². The van der Waals surface area contributed by atoms with Crippen LogP contribution >= 0.6 is 0 Å². The SMILES string of the molecule is CC1(C)Oc2oc3ccc4ccccc4c3c(=O)c2[C@H]2c3c(ccc4ccccc34)OC[C@H]21. The van der Waals surface area contributed by atoms with Gasteiger partial charge in [-0.3, -0.25) is 4.79 Å². The minimum atomic E-state index is -0.563. The molecule has 2 aliphatic heterocycles. The van der Waals surface area contributed by atoms with Crippen molar-refractivity contribution in [2.24, 2.45) is 5.92 Å². The molecule has 4 aromatic carbocycles. The molecule has 1 aromatic heterocycles. The van der Waals surface area contributed by atoms with Crippen LogP contribution in [0.1, 0.15) is 30.9 Å². The van der Waals surface area contributed by atoms with Crippen LogP contribution in [0.25, 0.3) is 32.5 Å². The molecule has 3 heterocycles. The summed E-state index contributed by atoms with van der Waals surface area (Å²) in [6.07, 6.45) is 0. The Kier molecular flexibility index (Phi) is 3.63. The van der Waals surface area contributed by atoms with Crippen LogP contribution < -0.4 is 14.9 Å². The topological polar surface area (TPSA) is 48.7 Å². The molecule has 2 atom stereocenters. The summed E-state index contributed by atoms with van der Waals surface area (Å²) in [7, 11) is 0. The fraction of sp³-hybridized carbons (Fsp3) is 0.207. The van der Waals surface area contributed by atoms with Gasteiger partial charge in [-0.1, -0.05) is 60.7 Å². The monoisotopic (exact) mass is 434 g/mol. The third-order valence-electron chi connectivity index (χ3n) is 7.41. The first-order valence-electron chi connectivity index (χ1n) is 11.3. The predicted octanol–water partition coefficient (Wildman–Crippen LogP) is 6.41. The normalized spacial score (nSPS) is 20.5. The molecule has 0 fully saturated rings. The third kappa shape index (κ3) is 2.49. The summed E-state index contributed by atoms with van der Waals surface area (Å²) in [5.41, 5.74) is 1.62. The maximum Gasteiger partial charge on any atom is 0.293 e. The second kappa shape index (κ2) is 6.38. The van der Waals surface area contributed by atoms with Crippen LogP contribution in [0.15, 0.2) is 82.0 Å². The summed E-state index contributed by atoms with van der Waals surface area (Å²) < 4.78 is 18.9. The van der Waals surface area contributed by atoms with E-state index in [-0.39, 0.29) is 17.3 Å². The highest BCUT2D eigenvalue weighted by atomic mass is 16.6. The van der Waals surface area contributed by atoms with E-state index in [1.165, 1.54) is 0 Å². The van der Waals surface area contributed by atoms with E-state index in [0.717, 1.165) is 32.9 Å². The van der Waals surface area contributed by atoms with Crippen molar-refractivity contribution in [3.05, 3.63) is 94.1 Å². The minimum absolute atomic E-state index is 0.0191. The van der Waals surface area contributed by atoms with Crippen molar-refractivity contribution < 1.29 is 13.9 Å². The van der Waals surface area contributed by atoms with Gasteiger partial charge in [0.1, 0.15) is 16.9 Å². The molecule has 7 rings (SSSR count). The van der Waals surface area contributed by atoms with E-state index < -0.39 is 5.60 Å². The summed E-state index contributed by atoms with van der Waals surface area (Å²) in [5, 5.41) is 4.76. The largest absolute Gasteiger partial charge is 0.493 e. The maximum absolute atomic E-state index is 14.2. The van der Waals surface area contributed by atoms with Crippen LogP contribution in [0.2, 0.25) is 0 Å². The van der Waals surface area contributed by atoms with E-state index in [4.69, 9.17) is 13.9 Å². The number of hydrogen-bond donors (Lipinski definition) is 0. The Labute approximate surface area is 190 Å². The maximum atomic E-state index is 14.2. The summed E-state index contributed by atoms with van der Waals surface area (Å²) in [5.74, 6) is 0.947. The molecule has 0 unspecified atom stereocenters. The predicted molar refractivity (Wildman–Crippen MR) is 129 cm³/mol. The molecule has 5 aromatic rings. The van der Waals surface area contributed by atoms with Gasteiger partial charge in [0.05, 0.1) is 17.6 Å². The molecule has 0 amide bonds. The molecule has 0 radical (unpaired) electrons. The Morgan fingerprint density at radius 1 is 0.818 bits per heavy atom. The van der Waals surface area contributed by atoms with Gasteiger partial charge in [0.2, 0.25) is 5.43 Å². The fourth-order valence-electron chi connectivity index (χ4n) is 5.76. The van der Waals surface area contributed by atoms with Gasteiger partial charge < -0.3 is 13.9 Å². The van der Waals surface area contributed by atoms with Crippen molar-refractivity contribution in [1.29, 1.82) is 0 Å². The van der Waals surface area contributed by atoms with Gasteiger partial charge in [-0.2, -0.15) is 0 Å². The molecule has 0 spiro atoms. The highest BCUT2D eigenvalue weighted by Crippen LogP contribution is 2.53. The summed E-state index contributed by atoms with van der Waals surface area (Å²) in [6.45, 7) is 4.59. The number of hydrogen-bond acceptors (Lipinski definition) is 4. The standard InChI is InChI=1S/C29H22O4/c1-29(2)20-15-31-21-13-11-16-7-3-5-9-18(16)23(21)25(20)26-27(30)24-19-10-6-4-8-17(19)12-14-22(24)32-28(26)33-29/h3-14,20,25H,15H2,1-2H3/t20-,25-/m1/s1. The number of rotatable bonds is 0. The fourth-order valence-corrected chi connectivity index (χ4v) is 5.76. The molecule has 0 N–H and O–H groups in total. The lowest BCUT2D eigenvalue weighted by molar-refractivity contribution is -0.0314. The second-order valence-corrected chi connectivity index (χ2v) is 9.59. The lowest BCUT2D eigenvalue weighted by Crippen LogP contribution is -2.50. The summed E-state index contributed by atoms with van der Waals surface area (Å²) in [6, 6.07) is 24.2. The molecule has 0 saturated carbocycles. The molecule has 4 nitrogen and oxygen atoms in total. The van der Waals surface area contributed by atoms with Crippen molar-refractivity contribution in [1.82, 2.24) is 0 Å². The highest BCUT2D eigenvalue weighted by molar-refractivity contribution is 6.05. The second-order valence-electron chi connectivity index (χ2n) is 9.59. The van der Waals surface area contributed by atoms with Crippen molar-refractivity contribution in [3.8, 4) is 11.7 Å². The third-order valence-corrected chi connectivity index (χ3v) is 7.41. The van der Waals surface area contributed by atoms with Crippen molar-refractivity contribution in [2.75, 3.05) is 6.61 Å². The lowest BCUT2D eigenvalue weighted by atomic mass is 9.69. The first-order valence-corrected chi connectivity index (χ1v) is 11.3. The smallest absolute Gasteiger partial charge is 0.293 e. The molecular formula is C29H22O4. The summed E-state index contributed by atoms with van der Waals surface area (Å²) >= 11 is 0. The average molecular weight is 434 g/mol. The zero-order valence-corrected chi connectivity index (χ0v) is 18.4. The Bertz CT molecular complexity index is 1660. The molecule has 4 heteroatoms. The van der Waals surface area contributed by atoms with E-state index in [9.17, 15) is 4.79 Å². The van der Waals surface area contributed by atoms with Crippen LogP contribution in [0.5, 0.6) is 11.7 Å². The number of benzene rings is 4. The van der Waals surface area contributed by atoms with Gasteiger partial charge in [0, 0.05) is 17.4 Å². The van der Waals surface area contributed by atoms with Crippen molar-refractivity contribution in [3.63, 3.8) is 0 Å². The van der Waals surface area contributed by atoms with Crippen LogP contribution in [0, 0.1) is 5.92 Å². The van der Waals surface area contributed by atoms with Crippen LogP contribution in [0.4, 0.5) is 0 Å². The van der Waals surface area contributed by atoms with Gasteiger partial charge >= 0.3 is 0 Å². The first kappa shape index (κ1) is 18.8. The zero-order chi connectivity index (χ0) is 22.3. The Morgan fingerprint density at radius 2 is 1.52 bits per heavy atom. The van der Waals surface area contributed by atoms with E-state index in [1.807, 2.05) is 54.6 Å². The quantitative estimate of drug-likeness (QED) is 0.264. The Hall–Kier alpha value is -3.79. The molecule has 162 valence electrons. The lowest BCUT2D eigenvalue weighted by Gasteiger charge is -2.46. The van der Waals surface area contributed by atoms with E-state index >= 15 is 0 Å². The summed E-state index contributed by atoms with van der Waals surface area (Å²) in [4.78, 5) is 14.2. The molecule has 0 saturated heterocycles. The first-order chi connectivity index (χ1) is 16.0. The number of fused-ring (bicyclic) bond motifs is 10. The molecular weight excluding hydrogens is 412 g/mol.